The molecule has 35 heavy (non-hydrogen) atoms. The average Bonchev–Trinajstić information content (AvgIpc) is 3.42. The van der Waals surface area contributed by atoms with Gasteiger partial charge in [-0.15, -0.1) is 0 Å². The fourth-order valence-electron chi connectivity index (χ4n) is 7.52. The molecule has 3 fully saturated rings. The van der Waals surface area contributed by atoms with Crippen molar-refractivity contribution >= 4 is 23.4 Å². The topological polar surface area (TPSA) is 113 Å². The van der Waals surface area contributed by atoms with Gasteiger partial charge in [0.2, 0.25) is 5.91 Å². The van der Waals surface area contributed by atoms with E-state index in [1.807, 2.05) is 12.2 Å². The highest BCUT2D eigenvalue weighted by Crippen LogP contribution is 2.58. The van der Waals surface area contributed by atoms with E-state index >= 15 is 0 Å². The molecule has 7 nitrogen and oxygen atoms in total. The van der Waals surface area contributed by atoms with Gasteiger partial charge in [0.1, 0.15) is 17.1 Å². The maximum absolute atomic E-state index is 12.7. The van der Waals surface area contributed by atoms with Gasteiger partial charge in [0.25, 0.3) is 5.91 Å². The molecule has 0 aromatic rings. The number of aliphatic hydroxyl groups excluding tert-OH is 1. The molecule has 5 aliphatic rings. The minimum atomic E-state index is -0.739. The number of hydrogen-bond acceptors (Lipinski definition) is 5. The van der Waals surface area contributed by atoms with E-state index in [1.54, 1.807) is 6.92 Å². The summed E-state index contributed by atoms with van der Waals surface area (Å²) in [5, 5.41) is 16.1. The van der Waals surface area contributed by atoms with Crippen LogP contribution in [0, 0.1) is 47.3 Å². The maximum Gasteiger partial charge on any atom is 0.259 e. The first-order chi connectivity index (χ1) is 16.8. The smallest absolute Gasteiger partial charge is 0.259 e. The number of aliphatic hydroxyl groups is 1. The predicted molar refractivity (Wildman–Crippen MR) is 130 cm³/mol. The van der Waals surface area contributed by atoms with Crippen LogP contribution in [0.3, 0.4) is 0 Å². The van der Waals surface area contributed by atoms with Gasteiger partial charge in [-0.3, -0.25) is 19.2 Å². The van der Waals surface area contributed by atoms with Crippen molar-refractivity contribution in [2.24, 2.45) is 47.3 Å². The van der Waals surface area contributed by atoms with Crippen LogP contribution in [0.1, 0.15) is 39.5 Å². The molecule has 2 heterocycles. The van der Waals surface area contributed by atoms with Gasteiger partial charge >= 0.3 is 0 Å². The summed E-state index contributed by atoms with van der Waals surface area (Å²) in [6, 6.07) is -0.739. The molecule has 0 radical (unpaired) electrons. The quantitative estimate of drug-likeness (QED) is 0.396. The monoisotopic (exact) mass is 478 g/mol. The summed E-state index contributed by atoms with van der Waals surface area (Å²) in [6.45, 7) is 4.16. The van der Waals surface area contributed by atoms with E-state index in [0.29, 0.717) is 17.8 Å². The molecule has 2 amide bonds. The lowest BCUT2D eigenvalue weighted by molar-refractivity contribution is -0.123. The molecule has 2 aliphatic heterocycles. The van der Waals surface area contributed by atoms with Gasteiger partial charge in [0.05, 0.1) is 6.04 Å². The lowest BCUT2D eigenvalue weighted by atomic mass is 9.70. The molecule has 5 rings (SSSR count). The molecule has 2 bridgehead atoms. The Kier molecular flexibility index (Phi) is 6.28. The van der Waals surface area contributed by atoms with Crippen molar-refractivity contribution in [3.63, 3.8) is 0 Å². The SMILES string of the molecule is CC(=O)C1C(C)CC2C1C=CC1C3C=CCC(=O)NCCC4NC(=O)C(=C(O)C=CC3CC12)C4=O. The third-order valence-corrected chi connectivity index (χ3v) is 8.99. The molecule has 2 saturated carbocycles. The predicted octanol–water partition coefficient (Wildman–Crippen LogP) is 2.80. The van der Waals surface area contributed by atoms with Crippen LogP contribution in [0.4, 0.5) is 0 Å². The van der Waals surface area contributed by atoms with Gasteiger partial charge in [0.15, 0.2) is 5.78 Å². The Bertz CT molecular complexity index is 1070. The van der Waals surface area contributed by atoms with E-state index in [4.69, 9.17) is 0 Å². The summed E-state index contributed by atoms with van der Waals surface area (Å²) in [4.78, 5) is 49.8. The van der Waals surface area contributed by atoms with E-state index in [9.17, 15) is 24.3 Å². The molecular formula is C28H34N2O5. The normalized spacial score (nSPS) is 41.0. The van der Waals surface area contributed by atoms with Gasteiger partial charge in [-0.1, -0.05) is 37.3 Å². The second-order valence-corrected chi connectivity index (χ2v) is 11.0. The molecule has 9 unspecified atom stereocenters. The van der Waals surface area contributed by atoms with Crippen LogP contribution in [-0.2, 0) is 19.2 Å². The van der Waals surface area contributed by atoms with Crippen LogP contribution in [0.5, 0.6) is 0 Å². The van der Waals surface area contributed by atoms with E-state index in [1.165, 1.54) is 6.08 Å². The van der Waals surface area contributed by atoms with Crippen LogP contribution in [0.15, 0.2) is 47.8 Å². The van der Waals surface area contributed by atoms with Gasteiger partial charge < -0.3 is 15.7 Å². The standard InChI is InChI=1S/C28H34N2O5/c1-14-12-20-19(25(14)15(2)31)8-7-18-17-4-3-5-24(33)29-11-10-22-27(34)26(28(35)30-22)23(32)9-6-16(17)13-21(18)20/h3-4,6-9,14,16-22,25,32H,5,10-13H2,1-2H3,(H,29,33)(H,30,35). The first-order valence-electron chi connectivity index (χ1n) is 12.8. The van der Waals surface area contributed by atoms with E-state index in [2.05, 4.69) is 35.8 Å². The van der Waals surface area contributed by atoms with E-state index in [0.717, 1.165) is 12.8 Å². The minimum absolute atomic E-state index is 0.0728. The van der Waals surface area contributed by atoms with Crippen molar-refractivity contribution in [1.82, 2.24) is 10.6 Å². The van der Waals surface area contributed by atoms with Gasteiger partial charge in [-0.05, 0) is 73.7 Å². The van der Waals surface area contributed by atoms with E-state index < -0.39 is 17.7 Å². The van der Waals surface area contributed by atoms with E-state index in [-0.39, 0.29) is 72.0 Å². The zero-order valence-corrected chi connectivity index (χ0v) is 20.3. The molecular weight excluding hydrogens is 444 g/mol. The van der Waals surface area contributed by atoms with Crippen LogP contribution >= 0.6 is 0 Å². The lowest BCUT2D eigenvalue weighted by Gasteiger charge is -2.34. The number of allylic oxidation sites excluding steroid dienone is 5. The number of rotatable bonds is 1. The fraction of sp³-hybridized carbons (Fsp3) is 0.571. The molecule has 9 atom stereocenters. The fourth-order valence-corrected chi connectivity index (χ4v) is 7.52. The number of Topliss-reactive ketones (excluding diaryl/α,β-unsaturated/α-hetero) is 2. The average molecular weight is 479 g/mol. The van der Waals surface area contributed by atoms with Crippen LogP contribution < -0.4 is 10.6 Å². The van der Waals surface area contributed by atoms with Crippen molar-refractivity contribution in [2.45, 2.75) is 45.6 Å². The van der Waals surface area contributed by atoms with Crippen LogP contribution in [0.2, 0.25) is 0 Å². The molecule has 0 aromatic heterocycles. The first-order valence-corrected chi connectivity index (χ1v) is 12.8. The van der Waals surface area contributed by atoms with Gasteiger partial charge in [-0.2, -0.15) is 0 Å². The zero-order chi connectivity index (χ0) is 24.9. The number of hydrogen-bond donors (Lipinski definition) is 3. The second-order valence-electron chi connectivity index (χ2n) is 11.0. The summed E-state index contributed by atoms with van der Waals surface area (Å²) in [6.07, 6.45) is 14.5. The molecule has 1 saturated heterocycles. The minimum Gasteiger partial charge on any atom is -0.507 e. The summed E-state index contributed by atoms with van der Waals surface area (Å²) in [7, 11) is 0. The van der Waals surface area contributed by atoms with Gasteiger partial charge in [0, 0.05) is 18.9 Å². The first kappa shape index (κ1) is 23.8. The summed E-state index contributed by atoms with van der Waals surface area (Å²) in [5.41, 5.74) is -0.205. The Labute approximate surface area is 205 Å². The number of carbonyl (C=O) groups is 4. The Morgan fingerprint density at radius 2 is 1.74 bits per heavy atom. The largest absolute Gasteiger partial charge is 0.507 e. The summed E-state index contributed by atoms with van der Waals surface area (Å²) >= 11 is 0. The molecule has 3 N–H and O–H groups in total. The van der Waals surface area contributed by atoms with Crippen molar-refractivity contribution in [2.75, 3.05) is 6.54 Å². The Morgan fingerprint density at radius 3 is 2.51 bits per heavy atom. The molecule has 0 spiro atoms. The molecule has 0 aromatic carbocycles. The van der Waals surface area contributed by atoms with Crippen molar-refractivity contribution in [3.05, 3.63) is 47.8 Å². The summed E-state index contributed by atoms with van der Waals surface area (Å²) < 4.78 is 0. The molecule has 186 valence electrons. The number of carbonyl (C=O) groups excluding carboxylic acids is 4. The van der Waals surface area contributed by atoms with Crippen molar-refractivity contribution in [1.29, 1.82) is 0 Å². The number of fused-ring (bicyclic) bond motifs is 7. The Morgan fingerprint density at radius 1 is 1.00 bits per heavy atom. The highest BCUT2D eigenvalue weighted by Gasteiger charge is 2.53. The number of nitrogens with one attached hydrogen (secondary N) is 2. The second kappa shape index (κ2) is 9.25. The zero-order valence-electron chi connectivity index (χ0n) is 20.3. The van der Waals surface area contributed by atoms with Gasteiger partial charge in [-0.25, -0.2) is 0 Å². The third kappa shape index (κ3) is 4.19. The van der Waals surface area contributed by atoms with Crippen LogP contribution in [-0.4, -0.2) is 41.1 Å². The number of amides is 2. The van der Waals surface area contributed by atoms with Crippen molar-refractivity contribution in [3.8, 4) is 0 Å². The molecule has 3 aliphatic carbocycles. The van der Waals surface area contributed by atoms with Crippen molar-refractivity contribution < 1.29 is 24.3 Å². The summed E-state index contributed by atoms with van der Waals surface area (Å²) in [5.74, 6) is 0.890. The Hall–Kier alpha value is -2.96. The third-order valence-electron chi connectivity index (χ3n) is 8.99. The number of ketones is 2. The highest BCUT2D eigenvalue weighted by atomic mass is 16.3. The maximum atomic E-state index is 12.7. The lowest BCUT2D eigenvalue weighted by Crippen LogP contribution is -2.34. The Balaban J connectivity index is 1.48. The van der Waals surface area contributed by atoms with Crippen LogP contribution in [0.25, 0.3) is 0 Å². The highest BCUT2D eigenvalue weighted by molar-refractivity contribution is 6.27. The molecule has 7 heteroatoms.